The molecule has 0 aliphatic heterocycles. The van der Waals surface area contributed by atoms with Gasteiger partial charge in [0.2, 0.25) is 0 Å². The van der Waals surface area contributed by atoms with Crippen molar-refractivity contribution in [2.45, 2.75) is 33.6 Å². The van der Waals surface area contributed by atoms with E-state index in [0.717, 1.165) is 26.9 Å². The van der Waals surface area contributed by atoms with E-state index >= 15 is 0 Å². The summed E-state index contributed by atoms with van der Waals surface area (Å²) in [5, 5.41) is 0. The lowest BCUT2D eigenvalue weighted by molar-refractivity contribution is 0.815. The maximum atomic E-state index is 12.1. The lowest BCUT2D eigenvalue weighted by Crippen LogP contribution is -2.18. The van der Waals surface area contributed by atoms with E-state index in [2.05, 4.69) is 25.9 Å². The minimum Gasteiger partial charge on any atom is -0.306 e. The van der Waals surface area contributed by atoms with E-state index in [0.29, 0.717) is 5.82 Å². The first-order valence-electron chi connectivity index (χ1n) is 6.27. The van der Waals surface area contributed by atoms with E-state index in [4.69, 9.17) is 0 Å². The van der Waals surface area contributed by atoms with Gasteiger partial charge in [-0.3, -0.25) is 4.79 Å². The molecule has 19 heavy (non-hydrogen) atoms. The van der Waals surface area contributed by atoms with Gasteiger partial charge in [0.1, 0.15) is 5.82 Å². The standard InChI is InChI=1S/C15H17BrN2O/c1-8(2)13-10(4)17-14(18-15(13)19)11-6-5-9(3)12(16)7-11/h5-8H,1-4H3,(H,17,18,19). The predicted molar refractivity (Wildman–Crippen MR) is 81.6 cm³/mol. The Kier molecular flexibility index (Phi) is 3.90. The summed E-state index contributed by atoms with van der Waals surface area (Å²) in [5.41, 5.74) is 3.57. The SMILES string of the molecule is Cc1ccc(-c2nc(C)c(C(C)C)c(=O)[nH]2)cc1Br. The molecule has 1 aromatic carbocycles. The highest BCUT2D eigenvalue weighted by Gasteiger charge is 2.12. The second-order valence-corrected chi connectivity index (χ2v) is 5.89. The molecule has 0 unspecified atom stereocenters. The van der Waals surface area contributed by atoms with Crippen LogP contribution in [0.15, 0.2) is 27.5 Å². The van der Waals surface area contributed by atoms with Crippen LogP contribution < -0.4 is 5.56 Å². The maximum absolute atomic E-state index is 12.1. The van der Waals surface area contributed by atoms with Crippen molar-refractivity contribution in [3.63, 3.8) is 0 Å². The third kappa shape index (κ3) is 2.78. The Morgan fingerprint density at radius 3 is 2.47 bits per heavy atom. The lowest BCUT2D eigenvalue weighted by atomic mass is 10.0. The number of aromatic amines is 1. The molecule has 0 aliphatic carbocycles. The molecule has 2 rings (SSSR count). The quantitative estimate of drug-likeness (QED) is 0.910. The molecule has 0 saturated carbocycles. The van der Waals surface area contributed by atoms with Gasteiger partial charge in [0.25, 0.3) is 5.56 Å². The van der Waals surface area contributed by atoms with Crippen LogP contribution in [0.25, 0.3) is 11.4 Å². The van der Waals surface area contributed by atoms with Crippen molar-refractivity contribution in [3.8, 4) is 11.4 Å². The summed E-state index contributed by atoms with van der Waals surface area (Å²) >= 11 is 3.50. The zero-order valence-corrected chi connectivity index (χ0v) is 13.1. The number of benzene rings is 1. The molecule has 1 heterocycles. The minimum atomic E-state index is -0.0470. The summed E-state index contributed by atoms with van der Waals surface area (Å²) in [6.07, 6.45) is 0. The highest BCUT2D eigenvalue weighted by atomic mass is 79.9. The second-order valence-electron chi connectivity index (χ2n) is 5.03. The maximum Gasteiger partial charge on any atom is 0.254 e. The molecule has 3 nitrogen and oxygen atoms in total. The fourth-order valence-electron chi connectivity index (χ4n) is 2.15. The average molecular weight is 321 g/mol. The van der Waals surface area contributed by atoms with Crippen molar-refractivity contribution < 1.29 is 0 Å². The van der Waals surface area contributed by atoms with Crippen LogP contribution in [0.4, 0.5) is 0 Å². The Morgan fingerprint density at radius 1 is 1.26 bits per heavy atom. The van der Waals surface area contributed by atoms with Gasteiger partial charge in [-0.2, -0.15) is 0 Å². The monoisotopic (exact) mass is 320 g/mol. The second kappa shape index (κ2) is 5.29. The Labute approximate surface area is 121 Å². The predicted octanol–water partition coefficient (Wildman–Crippen LogP) is 3.94. The summed E-state index contributed by atoms with van der Waals surface area (Å²) < 4.78 is 1.01. The molecule has 0 radical (unpaired) electrons. The van der Waals surface area contributed by atoms with Crippen molar-refractivity contribution in [1.29, 1.82) is 0 Å². The third-order valence-corrected chi connectivity index (χ3v) is 4.02. The molecule has 0 aliphatic rings. The van der Waals surface area contributed by atoms with E-state index in [9.17, 15) is 4.79 Å². The molecule has 1 N–H and O–H groups in total. The number of nitrogens with one attached hydrogen (secondary N) is 1. The molecule has 0 atom stereocenters. The van der Waals surface area contributed by atoms with Crippen LogP contribution >= 0.6 is 15.9 Å². The van der Waals surface area contributed by atoms with Gasteiger partial charge in [-0.05, 0) is 31.4 Å². The van der Waals surface area contributed by atoms with Gasteiger partial charge in [0, 0.05) is 21.3 Å². The van der Waals surface area contributed by atoms with Crippen LogP contribution in [0.1, 0.15) is 36.6 Å². The normalized spacial score (nSPS) is 11.1. The summed E-state index contributed by atoms with van der Waals surface area (Å²) in [6, 6.07) is 5.94. The Balaban J connectivity index is 2.58. The van der Waals surface area contributed by atoms with E-state index in [1.165, 1.54) is 0 Å². The largest absolute Gasteiger partial charge is 0.306 e. The zero-order valence-electron chi connectivity index (χ0n) is 11.5. The van der Waals surface area contributed by atoms with Gasteiger partial charge in [-0.25, -0.2) is 4.98 Å². The first kappa shape index (κ1) is 14.0. The molecule has 0 spiro atoms. The number of hydrogen-bond donors (Lipinski definition) is 1. The number of rotatable bonds is 2. The van der Waals surface area contributed by atoms with Crippen LogP contribution in [-0.4, -0.2) is 9.97 Å². The first-order chi connectivity index (χ1) is 8.90. The molecular weight excluding hydrogens is 304 g/mol. The highest BCUT2D eigenvalue weighted by molar-refractivity contribution is 9.10. The van der Waals surface area contributed by atoms with Gasteiger partial charge in [-0.15, -0.1) is 0 Å². The average Bonchev–Trinajstić information content (AvgIpc) is 2.31. The number of aromatic nitrogens is 2. The smallest absolute Gasteiger partial charge is 0.254 e. The summed E-state index contributed by atoms with van der Waals surface area (Å²) in [7, 11) is 0. The lowest BCUT2D eigenvalue weighted by Gasteiger charge is -2.10. The number of hydrogen-bond acceptors (Lipinski definition) is 2. The van der Waals surface area contributed by atoms with E-state index in [1.807, 2.05) is 45.9 Å². The topological polar surface area (TPSA) is 45.8 Å². The van der Waals surface area contributed by atoms with Crippen molar-refractivity contribution in [3.05, 3.63) is 49.8 Å². The van der Waals surface area contributed by atoms with Crippen LogP contribution in [0, 0.1) is 13.8 Å². The van der Waals surface area contributed by atoms with Crippen LogP contribution in [0.2, 0.25) is 0 Å². The van der Waals surface area contributed by atoms with Gasteiger partial charge in [0.15, 0.2) is 0 Å². The number of nitrogens with zero attached hydrogens (tertiary/aromatic N) is 1. The fraction of sp³-hybridized carbons (Fsp3) is 0.333. The minimum absolute atomic E-state index is 0.0470. The first-order valence-corrected chi connectivity index (χ1v) is 7.06. The van der Waals surface area contributed by atoms with Crippen molar-refractivity contribution in [2.75, 3.05) is 0 Å². The van der Waals surface area contributed by atoms with E-state index < -0.39 is 0 Å². The number of aryl methyl sites for hydroxylation is 2. The molecule has 4 heteroatoms. The van der Waals surface area contributed by atoms with Gasteiger partial charge >= 0.3 is 0 Å². The van der Waals surface area contributed by atoms with Crippen molar-refractivity contribution in [2.24, 2.45) is 0 Å². The van der Waals surface area contributed by atoms with E-state index in [1.54, 1.807) is 0 Å². The van der Waals surface area contributed by atoms with Crippen LogP contribution in [0.5, 0.6) is 0 Å². The molecule has 2 aromatic rings. The number of H-pyrrole nitrogens is 1. The van der Waals surface area contributed by atoms with E-state index in [-0.39, 0.29) is 11.5 Å². The number of halogens is 1. The summed E-state index contributed by atoms with van der Waals surface area (Å²) in [5.74, 6) is 0.794. The van der Waals surface area contributed by atoms with Crippen LogP contribution in [0.3, 0.4) is 0 Å². The Morgan fingerprint density at radius 2 is 1.95 bits per heavy atom. The van der Waals surface area contributed by atoms with Crippen molar-refractivity contribution in [1.82, 2.24) is 9.97 Å². The molecule has 1 aromatic heterocycles. The van der Waals surface area contributed by atoms with Crippen LogP contribution in [-0.2, 0) is 0 Å². The Hall–Kier alpha value is -1.42. The van der Waals surface area contributed by atoms with Gasteiger partial charge < -0.3 is 4.98 Å². The third-order valence-electron chi connectivity index (χ3n) is 3.17. The Bertz CT molecular complexity index is 674. The van der Waals surface area contributed by atoms with Crippen molar-refractivity contribution >= 4 is 15.9 Å². The van der Waals surface area contributed by atoms with Gasteiger partial charge in [-0.1, -0.05) is 41.9 Å². The summed E-state index contributed by atoms with van der Waals surface area (Å²) in [6.45, 7) is 7.91. The molecule has 0 fully saturated rings. The molecular formula is C15H17BrN2O. The molecule has 100 valence electrons. The molecule has 0 amide bonds. The fourth-order valence-corrected chi connectivity index (χ4v) is 2.53. The highest BCUT2D eigenvalue weighted by Crippen LogP contribution is 2.23. The molecule has 0 saturated heterocycles. The van der Waals surface area contributed by atoms with Gasteiger partial charge in [0.05, 0.1) is 0 Å². The summed E-state index contributed by atoms with van der Waals surface area (Å²) in [4.78, 5) is 19.5. The zero-order chi connectivity index (χ0) is 14.2. The molecule has 0 bridgehead atoms.